The molecule has 62 heavy (non-hydrogen) atoms. The van der Waals surface area contributed by atoms with E-state index >= 15 is 0 Å². The lowest BCUT2D eigenvalue weighted by atomic mass is 9.98. The van der Waals surface area contributed by atoms with E-state index in [1.807, 2.05) is 37.2 Å². The topological polar surface area (TPSA) is 182 Å². The number of rotatable bonds is 8. The largest absolute Gasteiger partial charge is 0.462 e. The van der Waals surface area contributed by atoms with Crippen LogP contribution in [0.25, 0.3) is 10.2 Å². The molecule has 0 spiro atoms. The van der Waals surface area contributed by atoms with Gasteiger partial charge in [-0.05, 0) is 84.3 Å². The molecule has 6 aliphatic rings. The van der Waals surface area contributed by atoms with Crippen molar-refractivity contribution in [2.24, 2.45) is 0 Å². The lowest BCUT2D eigenvalue weighted by molar-refractivity contribution is -0.135. The summed E-state index contributed by atoms with van der Waals surface area (Å²) in [5, 5.41) is 4.28. The number of anilines is 1. The van der Waals surface area contributed by atoms with Gasteiger partial charge < -0.3 is 35.1 Å². The Kier molecular flexibility index (Phi) is 14.1. The van der Waals surface area contributed by atoms with Crippen molar-refractivity contribution in [3.05, 3.63) is 42.6 Å². The summed E-state index contributed by atoms with van der Waals surface area (Å²) in [4.78, 5) is 78.8. The van der Waals surface area contributed by atoms with Gasteiger partial charge in [0.25, 0.3) is 5.56 Å². The maximum atomic E-state index is 13.8. The van der Waals surface area contributed by atoms with Crippen LogP contribution in [-0.2, 0) is 60.1 Å². The number of ether oxygens (including phenoxy) is 3. The molecule has 0 aromatic carbocycles. The van der Waals surface area contributed by atoms with E-state index in [1.165, 1.54) is 26.7 Å². The number of amides is 3. The molecular weight excluding hydrogens is 833 g/mol. The monoisotopic (exact) mass is 896 g/mol. The van der Waals surface area contributed by atoms with Gasteiger partial charge in [-0.15, -0.1) is 22.7 Å². The molecule has 3 amide bonds. The quantitative estimate of drug-likeness (QED) is 0.310. The number of thiophene rings is 2. The van der Waals surface area contributed by atoms with Crippen molar-refractivity contribution in [1.29, 1.82) is 0 Å². The van der Waals surface area contributed by atoms with Gasteiger partial charge in [-0.25, -0.2) is 9.78 Å². The van der Waals surface area contributed by atoms with Crippen molar-refractivity contribution < 1.29 is 33.4 Å². The first-order chi connectivity index (χ1) is 29.6. The molecule has 3 fully saturated rings. The average molecular weight is 897 g/mol. The number of fused-ring (bicyclic) bond motifs is 8. The molecule has 0 aliphatic carbocycles. The zero-order valence-corrected chi connectivity index (χ0v) is 39.1. The van der Waals surface area contributed by atoms with Gasteiger partial charge in [0.2, 0.25) is 17.7 Å². The maximum Gasteiger partial charge on any atom is 0.341 e. The van der Waals surface area contributed by atoms with Gasteiger partial charge in [0.1, 0.15) is 21.7 Å². The highest BCUT2D eigenvalue weighted by Gasteiger charge is 2.44. The van der Waals surface area contributed by atoms with E-state index in [4.69, 9.17) is 24.9 Å². The molecule has 0 bridgehead atoms. The number of nitrogens with zero attached hydrogens (tertiary/aromatic N) is 6. The third kappa shape index (κ3) is 9.46. The van der Waals surface area contributed by atoms with Crippen LogP contribution < -0.4 is 16.6 Å². The first-order valence-electron chi connectivity index (χ1n) is 22.1. The highest BCUT2D eigenvalue weighted by Crippen LogP contribution is 2.41. The minimum atomic E-state index is -0.566. The molecule has 9 rings (SSSR count). The highest BCUT2D eigenvalue weighted by atomic mass is 32.1. The molecular formula is C44H64N8O8S2. The fourth-order valence-electron chi connectivity index (χ4n) is 9.81. The number of aromatic nitrogens is 2. The molecule has 2 atom stereocenters. The second kappa shape index (κ2) is 19.0. The molecule has 16 nitrogen and oxygen atoms in total. The van der Waals surface area contributed by atoms with Crippen LogP contribution in [0.1, 0.15) is 116 Å². The van der Waals surface area contributed by atoms with Gasteiger partial charge in [0, 0.05) is 88.3 Å². The standard InChI is InChI=1S/C21H28N4O3S.C13H20N2O3S.C10H16N2O2/c1-21(2)11-16(26)24-7-4-5-14(24)18-22-19-17(20(27)25(18)21)13-6-8-23(9-10-28-3)12-15(13)29-19;1-3-18-13(16)11-9-4-5-15(6-7-17-2)8-10(9)19-12(11)14;1-10(2)6-8(13)12-5-3-4-7(12)9(14)11-10/h14H,4-12H2,1-3H3;3-8,14H2,1-2H3;7H,3-6H2,1-2H3,(H,11,14)/t;;7-/m..0/s1. The van der Waals surface area contributed by atoms with Crippen molar-refractivity contribution in [2.75, 3.05) is 79.0 Å². The Labute approximate surface area is 372 Å². The van der Waals surface area contributed by atoms with E-state index in [9.17, 15) is 24.0 Å². The van der Waals surface area contributed by atoms with E-state index in [1.54, 1.807) is 37.4 Å². The molecule has 18 heteroatoms. The molecule has 0 radical (unpaired) electrons. The summed E-state index contributed by atoms with van der Waals surface area (Å²) in [5.41, 5.74) is 7.89. The van der Waals surface area contributed by atoms with E-state index in [-0.39, 0.29) is 41.3 Å². The number of nitrogens with one attached hydrogen (secondary N) is 1. The number of hydrogen-bond acceptors (Lipinski definition) is 14. The average Bonchev–Trinajstić information content (AvgIpc) is 4.01. The fraction of sp³-hybridized carbons (Fsp3) is 0.682. The molecule has 9 heterocycles. The summed E-state index contributed by atoms with van der Waals surface area (Å²) in [6, 6.07) is -0.275. The molecule has 3 aromatic heterocycles. The van der Waals surface area contributed by atoms with Crippen molar-refractivity contribution in [1.82, 2.24) is 34.5 Å². The normalized spacial score (nSPS) is 22.8. The molecule has 340 valence electrons. The third-order valence-corrected chi connectivity index (χ3v) is 15.0. The van der Waals surface area contributed by atoms with Gasteiger partial charge in [-0.1, -0.05) is 0 Å². The summed E-state index contributed by atoms with van der Waals surface area (Å²) in [6.45, 7) is 18.3. The second-order valence-corrected chi connectivity index (χ2v) is 20.5. The molecule has 1 unspecified atom stereocenters. The number of nitrogen functional groups attached to an aromatic ring is 1. The molecule has 3 aromatic rings. The number of carbonyl (C=O) groups is 4. The van der Waals surface area contributed by atoms with Crippen molar-refractivity contribution in [2.45, 2.75) is 122 Å². The van der Waals surface area contributed by atoms with Crippen LogP contribution in [0.3, 0.4) is 0 Å². The van der Waals surface area contributed by atoms with Gasteiger partial charge in [0.15, 0.2) is 0 Å². The molecule has 0 saturated carbocycles. The van der Waals surface area contributed by atoms with Crippen LogP contribution in [0, 0.1) is 0 Å². The Hall–Kier alpha value is -3.94. The summed E-state index contributed by atoms with van der Waals surface area (Å²) in [7, 11) is 3.43. The van der Waals surface area contributed by atoms with E-state index < -0.39 is 11.1 Å². The maximum absolute atomic E-state index is 13.8. The van der Waals surface area contributed by atoms with Gasteiger partial charge in [-0.2, -0.15) is 0 Å². The van der Waals surface area contributed by atoms with E-state index in [0.717, 1.165) is 126 Å². The summed E-state index contributed by atoms with van der Waals surface area (Å²) in [5.74, 6) is 0.754. The Balaban J connectivity index is 0.000000151. The Morgan fingerprint density at radius 3 is 2.03 bits per heavy atom. The van der Waals surface area contributed by atoms with Crippen LogP contribution in [0.5, 0.6) is 0 Å². The minimum Gasteiger partial charge on any atom is -0.462 e. The predicted molar refractivity (Wildman–Crippen MR) is 239 cm³/mol. The summed E-state index contributed by atoms with van der Waals surface area (Å²) < 4.78 is 17.3. The zero-order chi connectivity index (χ0) is 44.5. The molecule has 3 N–H and O–H groups in total. The number of methoxy groups -OCH3 is 2. The minimum absolute atomic E-state index is 0.0124. The van der Waals surface area contributed by atoms with Crippen molar-refractivity contribution >= 4 is 61.6 Å². The SMILES string of the molecule is CC1(C)CC(=O)N2CCC[C@H]2C(=O)N1.CCOC(=O)c1c(N)sc2c1CCN(CCOC)C2.COCCN1CCc2c(sc3nc4n(c(=O)c23)C(C)(C)CC(=O)N2CCCC42)C1. The summed E-state index contributed by atoms with van der Waals surface area (Å²) in [6.07, 6.45) is 6.09. The van der Waals surface area contributed by atoms with Crippen LogP contribution in [0.15, 0.2) is 4.79 Å². The lowest BCUT2D eigenvalue weighted by Crippen LogP contribution is -2.46. The fourth-order valence-corrected chi connectivity index (χ4v) is 12.2. The number of nitrogens with two attached hydrogens (primary N) is 1. The van der Waals surface area contributed by atoms with Crippen LogP contribution in [-0.4, -0.2) is 138 Å². The first-order valence-corrected chi connectivity index (χ1v) is 23.7. The van der Waals surface area contributed by atoms with Gasteiger partial charge in [0.05, 0.1) is 48.8 Å². The molecule has 3 saturated heterocycles. The first kappa shape index (κ1) is 46.1. The van der Waals surface area contributed by atoms with Crippen LogP contribution in [0.2, 0.25) is 0 Å². The smallest absolute Gasteiger partial charge is 0.341 e. The van der Waals surface area contributed by atoms with Gasteiger partial charge >= 0.3 is 5.97 Å². The molecule has 6 aliphatic heterocycles. The second-order valence-electron chi connectivity index (χ2n) is 18.3. The number of esters is 1. The Bertz CT molecular complexity index is 2210. The highest BCUT2D eigenvalue weighted by molar-refractivity contribution is 7.18. The third-order valence-electron chi connectivity index (χ3n) is 12.8. The van der Waals surface area contributed by atoms with Crippen LogP contribution >= 0.6 is 22.7 Å². The Morgan fingerprint density at radius 1 is 0.823 bits per heavy atom. The van der Waals surface area contributed by atoms with Crippen molar-refractivity contribution in [3.63, 3.8) is 0 Å². The lowest BCUT2D eigenvalue weighted by Gasteiger charge is -2.28. The number of hydrogen-bond donors (Lipinski definition) is 2. The van der Waals surface area contributed by atoms with E-state index in [0.29, 0.717) is 30.0 Å². The van der Waals surface area contributed by atoms with Gasteiger partial charge in [-0.3, -0.25) is 33.5 Å². The summed E-state index contributed by atoms with van der Waals surface area (Å²) >= 11 is 3.16. The number of carbonyl (C=O) groups excluding carboxylic acids is 4. The van der Waals surface area contributed by atoms with Crippen molar-refractivity contribution in [3.8, 4) is 0 Å². The predicted octanol–water partition coefficient (Wildman–Crippen LogP) is 4.05. The van der Waals surface area contributed by atoms with E-state index in [2.05, 4.69) is 15.1 Å². The Morgan fingerprint density at radius 2 is 1.40 bits per heavy atom. The zero-order valence-electron chi connectivity index (χ0n) is 37.4. The van der Waals surface area contributed by atoms with Crippen LogP contribution in [0.4, 0.5) is 5.00 Å².